The minimum Gasteiger partial charge on any atom is -0.313 e. The van der Waals surface area contributed by atoms with Crippen molar-refractivity contribution in [3.05, 3.63) is 21.5 Å². The minimum atomic E-state index is -0.298. The maximum absolute atomic E-state index is 11.4. The van der Waals surface area contributed by atoms with E-state index >= 15 is 0 Å². The van der Waals surface area contributed by atoms with Crippen LogP contribution in [-0.2, 0) is 6.42 Å². The van der Waals surface area contributed by atoms with E-state index in [1.165, 1.54) is 0 Å². The Kier molecular flexibility index (Phi) is 6.33. The van der Waals surface area contributed by atoms with Crippen LogP contribution in [0.15, 0.2) is 0 Å². The lowest BCUT2D eigenvalue weighted by molar-refractivity contribution is -0.386. The predicted molar refractivity (Wildman–Crippen MR) is 84.6 cm³/mol. The van der Waals surface area contributed by atoms with Crippen molar-refractivity contribution < 1.29 is 4.92 Å². The highest BCUT2D eigenvalue weighted by molar-refractivity contribution is 5.41. The third-order valence-electron chi connectivity index (χ3n) is 3.70. The minimum absolute atomic E-state index is 0.117. The summed E-state index contributed by atoms with van der Waals surface area (Å²) in [5.41, 5.74) is 1.41. The summed E-state index contributed by atoms with van der Waals surface area (Å²) in [6.45, 7) is 13.0. The van der Waals surface area contributed by atoms with Crippen molar-refractivity contribution in [1.29, 1.82) is 0 Å². The molecule has 1 rings (SSSR count). The van der Waals surface area contributed by atoms with Crippen LogP contribution >= 0.6 is 0 Å². The zero-order valence-corrected chi connectivity index (χ0v) is 14.0. The summed E-state index contributed by atoms with van der Waals surface area (Å²) in [6.07, 6.45) is 1.68. The smallest absolute Gasteiger partial charge is 0.313 e. The topological polar surface area (TPSA) is 73.0 Å². The van der Waals surface area contributed by atoms with Gasteiger partial charge in [-0.15, -0.1) is 0 Å². The summed E-state index contributed by atoms with van der Waals surface area (Å²) < 4.78 is 1.80. The first-order valence-corrected chi connectivity index (χ1v) is 7.75. The zero-order valence-electron chi connectivity index (χ0n) is 14.0. The Morgan fingerprint density at radius 1 is 1.33 bits per heavy atom. The van der Waals surface area contributed by atoms with Crippen LogP contribution in [-0.4, -0.2) is 27.3 Å². The van der Waals surface area contributed by atoms with Crippen molar-refractivity contribution in [3.63, 3.8) is 0 Å². The molecule has 0 saturated heterocycles. The summed E-state index contributed by atoms with van der Waals surface area (Å²) in [4.78, 5) is 11.1. The fourth-order valence-electron chi connectivity index (χ4n) is 2.52. The normalized spacial score (nSPS) is 13.1. The van der Waals surface area contributed by atoms with Crippen LogP contribution in [0, 0.1) is 23.0 Å². The van der Waals surface area contributed by atoms with Crippen molar-refractivity contribution in [3.8, 4) is 0 Å². The Morgan fingerprint density at radius 3 is 2.38 bits per heavy atom. The Balaban J connectivity index is 3.16. The average molecular weight is 296 g/mol. The second-order valence-electron chi connectivity index (χ2n) is 6.18. The van der Waals surface area contributed by atoms with Crippen molar-refractivity contribution in [2.45, 2.75) is 66.5 Å². The number of hydrogen-bond acceptors (Lipinski definition) is 4. The lowest BCUT2D eigenvalue weighted by Gasteiger charge is -2.23. The Labute approximate surface area is 127 Å². The maximum atomic E-state index is 11.4. The fourth-order valence-corrected chi connectivity index (χ4v) is 2.52. The van der Waals surface area contributed by atoms with Crippen LogP contribution in [0.5, 0.6) is 0 Å². The lowest BCUT2D eigenvalue weighted by Crippen LogP contribution is -2.37. The standard InChI is InChI=1S/C15H28N4O2/c1-7-8-16-13(10(2)3)9-14-15(19(20)21)12(6)17-18(14)11(4)5/h10-11,13,16H,7-9H2,1-6H3. The summed E-state index contributed by atoms with van der Waals surface area (Å²) in [6, 6.07) is 0.337. The van der Waals surface area contributed by atoms with Crippen LogP contribution in [0.1, 0.15) is 58.5 Å². The molecule has 0 fully saturated rings. The van der Waals surface area contributed by atoms with Crippen LogP contribution < -0.4 is 5.32 Å². The fraction of sp³-hybridized carbons (Fsp3) is 0.800. The van der Waals surface area contributed by atoms with E-state index in [1.807, 2.05) is 13.8 Å². The number of nitro groups is 1. The summed E-state index contributed by atoms with van der Waals surface area (Å²) in [5.74, 6) is 0.409. The van der Waals surface area contributed by atoms with Crippen molar-refractivity contribution in [1.82, 2.24) is 15.1 Å². The second kappa shape index (κ2) is 7.54. The summed E-state index contributed by atoms with van der Waals surface area (Å²) in [5, 5.41) is 19.2. The number of nitrogens with zero attached hydrogens (tertiary/aromatic N) is 3. The molecule has 0 aliphatic carbocycles. The van der Waals surface area contributed by atoms with Gasteiger partial charge < -0.3 is 5.32 Å². The molecule has 1 aromatic heterocycles. The summed E-state index contributed by atoms with van der Waals surface area (Å²) in [7, 11) is 0. The Bertz CT molecular complexity index is 480. The Morgan fingerprint density at radius 2 is 1.95 bits per heavy atom. The molecule has 0 bridgehead atoms. The van der Waals surface area contributed by atoms with Gasteiger partial charge in [-0.05, 0) is 39.7 Å². The van der Waals surface area contributed by atoms with Gasteiger partial charge in [0.15, 0.2) is 0 Å². The van der Waals surface area contributed by atoms with E-state index in [9.17, 15) is 10.1 Å². The van der Waals surface area contributed by atoms with E-state index in [1.54, 1.807) is 11.6 Å². The molecular weight excluding hydrogens is 268 g/mol. The van der Waals surface area contributed by atoms with Gasteiger partial charge in [-0.25, -0.2) is 0 Å². The molecule has 1 heterocycles. The van der Waals surface area contributed by atoms with Gasteiger partial charge in [-0.2, -0.15) is 5.10 Å². The van der Waals surface area contributed by atoms with Gasteiger partial charge >= 0.3 is 5.69 Å². The van der Waals surface area contributed by atoms with Crippen LogP contribution in [0.25, 0.3) is 0 Å². The SMILES string of the molecule is CCCNC(Cc1c([N+](=O)[O-])c(C)nn1C(C)C)C(C)C. The first kappa shape index (κ1) is 17.6. The van der Waals surface area contributed by atoms with Crippen LogP contribution in [0.4, 0.5) is 5.69 Å². The van der Waals surface area contributed by atoms with Gasteiger partial charge in [0.1, 0.15) is 11.4 Å². The second-order valence-corrected chi connectivity index (χ2v) is 6.18. The van der Waals surface area contributed by atoms with Crippen molar-refractivity contribution >= 4 is 5.69 Å². The van der Waals surface area contributed by atoms with E-state index < -0.39 is 0 Å². The van der Waals surface area contributed by atoms with Gasteiger partial charge in [-0.3, -0.25) is 14.8 Å². The van der Waals surface area contributed by atoms with Gasteiger partial charge in [0.05, 0.1) is 4.92 Å². The van der Waals surface area contributed by atoms with Crippen molar-refractivity contribution in [2.75, 3.05) is 6.54 Å². The Hall–Kier alpha value is -1.43. The molecule has 0 aliphatic heterocycles. The van der Waals surface area contributed by atoms with E-state index in [0.717, 1.165) is 18.7 Å². The first-order valence-electron chi connectivity index (χ1n) is 7.75. The van der Waals surface area contributed by atoms with Crippen LogP contribution in [0.3, 0.4) is 0 Å². The lowest BCUT2D eigenvalue weighted by atomic mass is 9.98. The van der Waals surface area contributed by atoms with Gasteiger partial charge in [-0.1, -0.05) is 20.8 Å². The molecule has 120 valence electrons. The molecule has 0 aliphatic rings. The van der Waals surface area contributed by atoms with E-state index in [2.05, 4.69) is 31.2 Å². The van der Waals surface area contributed by atoms with E-state index in [-0.39, 0.29) is 22.7 Å². The maximum Gasteiger partial charge on any atom is 0.313 e. The molecule has 1 N–H and O–H groups in total. The highest BCUT2D eigenvalue weighted by Crippen LogP contribution is 2.27. The highest BCUT2D eigenvalue weighted by atomic mass is 16.6. The van der Waals surface area contributed by atoms with Crippen LogP contribution in [0.2, 0.25) is 0 Å². The monoisotopic (exact) mass is 296 g/mol. The summed E-state index contributed by atoms with van der Waals surface area (Å²) >= 11 is 0. The quantitative estimate of drug-likeness (QED) is 0.590. The molecule has 21 heavy (non-hydrogen) atoms. The number of aryl methyl sites for hydroxylation is 1. The molecule has 0 saturated carbocycles. The molecule has 6 heteroatoms. The molecule has 0 spiro atoms. The van der Waals surface area contributed by atoms with Gasteiger partial charge in [0.2, 0.25) is 0 Å². The number of nitrogens with one attached hydrogen (secondary N) is 1. The number of hydrogen-bond donors (Lipinski definition) is 1. The average Bonchev–Trinajstić information content (AvgIpc) is 2.71. The molecule has 1 aromatic rings. The molecule has 0 radical (unpaired) electrons. The number of aromatic nitrogens is 2. The largest absolute Gasteiger partial charge is 0.313 e. The first-order chi connectivity index (χ1) is 9.79. The molecule has 1 atom stereocenters. The highest BCUT2D eigenvalue weighted by Gasteiger charge is 2.29. The molecule has 1 unspecified atom stereocenters. The predicted octanol–water partition coefficient (Wildman–Crippen LogP) is 3.25. The van der Waals surface area contributed by atoms with Crippen molar-refractivity contribution in [2.24, 2.45) is 5.92 Å². The third-order valence-corrected chi connectivity index (χ3v) is 3.70. The van der Waals surface area contributed by atoms with E-state index in [4.69, 9.17) is 0 Å². The molecule has 6 nitrogen and oxygen atoms in total. The molecule has 0 amide bonds. The van der Waals surface area contributed by atoms with Gasteiger partial charge in [0, 0.05) is 18.5 Å². The molecule has 0 aromatic carbocycles. The van der Waals surface area contributed by atoms with E-state index in [0.29, 0.717) is 18.0 Å². The zero-order chi connectivity index (χ0) is 16.2. The third kappa shape index (κ3) is 4.27. The van der Waals surface area contributed by atoms with Gasteiger partial charge in [0.25, 0.3) is 0 Å². The molecular formula is C15H28N4O2. The number of rotatable bonds is 8.